The molecule has 0 radical (unpaired) electrons. The SMILES string of the molecule is O=C(CNC(=O)COc1cc(Cl)ccc1Cl)NCCN1CCOCC1. The summed E-state index contributed by atoms with van der Waals surface area (Å²) in [5, 5.41) is 6.07. The Kier molecular flexibility index (Phi) is 8.27. The number of ether oxygens (including phenoxy) is 2. The highest BCUT2D eigenvalue weighted by molar-refractivity contribution is 6.34. The number of morpholine rings is 1. The zero-order valence-electron chi connectivity index (χ0n) is 13.7. The van der Waals surface area contributed by atoms with Crippen molar-refractivity contribution in [3.63, 3.8) is 0 Å². The summed E-state index contributed by atoms with van der Waals surface area (Å²) in [7, 11) is 0. The Morgan fingerprint density at radius 2 is 1.92 bits per heavy atom. The number of rotatable bonds is 8. The highest BCUT2D eigenvalue weighted by atomic mass is 35.5. The Labute approximate surface area is 156 Å². The maximum Gasteiger partial charge on any atom is 0.258 e. The predicted molar refractivity (Wildman–Crippen MR) is 95.2 cm³/mol. The van der Waals surface area contributed by atoms with Gasteiger partial charge in [0.25, 0.3) is 5.91 Å². The second-order valence-electron chi connectivity index (χ2n) is 5.44. The van der Waals surface area contributed by atoms with Crippen molar-refractivity contribution in [2.75, 3.05) is 52.5 Å². The van der Waals surface area contributed by atoms with Gasteiger partial charge in [-0.2, -0.15) is 0 Å². The van der Waals surface area contributed by atoms with E-state index < -0.39 is 5.91 Å². The van der Waals surface area contributed by atoms with Gasteiger partial charge >= 0.3 is 0 Å². The van der Waals surface area contributed by atoms with Crippen LogP contribution in [0.1, 0.15) is 0 Å². The molecule has 25 heavy (non-hydrogen) atoms. The van der Waals surface area contributed by atoms with E-state index in [-0.39, 0.29) is 19.1 Å². The first kappa shape index (κ1) is 19.8. The van der Waals surface area contributed by atoms with Crippen LogP contribution in [0.2, 0.25) is 10.0 Å². The number of carbonyl (C=O) groups is 2. The number of carbonyl (C=O) groups excluding carboxylic acids is 2. The highest BCUT2D eigenvalue weighted by Gasteiger charge is 2.11. The average molecular weight is 390 g/mol. The van der Waals surface area contributed by atoms with Crippen LogP contribution in [0.25, 0.3) is 0 Å². The lowest BCUT2D eigenvalue weighted by atomic mass is 10.3. The van der Waals surface area contributed by atoms with Gasteiger partial charge in [0.2, 0.25) is 5.91 Å². The van der Waals surface area contributed by atoms with Gasteiger partial charge in [-0.1, -0.05) is 23.2 Å². The van der Waals surface area contributed by atoms with Crippen molar-refractivity contribution >= 4 is 35.0 Å². The van der Waals surface area contributed by atoms with Crippen molar-refractivity contribution in [3.8, 4) is 5.75 Å². The van der Waals surface area contributed by atoms with Crippen LogP contribution in [0.15, 0.2) is 18.2 Å². The number of benzene rings is 1. The summed E-state index contributed by atoms with van der Waals surface area (Å²) in [5.74, 6) is -0.346. The molecule has 0 aromatic heterocycles. The number of hydrogen-bond donors (Lipinski definition) is 2. The zero-order chi connectivity index (χ0) is 18.1. The minimum atomic E-state index is -0.417. The number of hydrogen-bond acceptors (Lipinski definition) is 5. The van der Waals surface area contributed by atoms with E-state index in [4.69, 9.17) is 32.7 Å². The van der Waals surface area contributed by atoms with E-state index in [1.807, 2.05) is 0 Å². The Balaban J connectivity index is 1.59. The van der Waals surface area contributed by atoms with Crippen LogP contribution in [0, 0.1) is 0 Å². The highest BCUT2D eigenvalue weighted by Crippen LogP contribution is 2.27. The van der Waals surface area contributed by atoms with Crippen LogP contribution in [0.4, 0.5) is 0 Å². The van der Waals surface area contributed by atoms with Gasteiger partial charge in [-0.3, -0.25) is 14.5 Å². The fourth-order valence-corrected chi connectivity index (χ4v) is 2.54. The molecule has 7 nitrogen and oxygen atoms in total. The monoisotopic (exact) mass is 389 g/mol. The summed E-state index contributed by atoms with van der Waals surface area (Å²) in [6.07, 6.45) is 0. The maximum absolute atomic E-state index is 11.7. The summed E-state index contributed by atoms with van der Waals surface area (Å²) in [6, 6.07) is 4.73. The second-order valence-corrected chi connectivity index (χ2v) is 6.29. The molecule has 1 aromatic carbocycles. The molecular formula is C16H21Cl2N3O4. The van der Waals surface area contributed by atoms with E-state index in [0.717, 1.165) is 32.8 Å². The third-order valence-corrected chi connectivity index (χ3v) is 4.10. The normalized spacial score (nSPS) is 14.8. The van der Waals surface area contributed by atoms with Crippen LogP contribution < -0.4 is 15.4 Å². The molecule has 1 aromatic rings. The second kappa shape index (κ2) is 10.5. The summed E-state index contributed by atoms with van der Waals surface area (Å²) in [5.41, 5.74) is 0. The largest absolute Gasteiger partial charge is 0.482 e. The number of nitrogens with one attached hydrogen (secondary N) is 2. The molecule has 0 saturated carbocycles. The summed E-state index contributed by atoms with van der Waals surface area (Å²) in [4.78, 5) is 25.7. The van der Waals surface area contributed by atoms with Crippen molar-refractivity contribution in [1.82, 2.24) is 15.5 Å². The topological polar surface area (TPSA) is 79.9 Å². The standard InChI is InChI=1S/C16H21Cl2N3O4/c17-12-1-2-13(18)14(9-12)25-11-16(23)20-10-15(22)19-3-4-21-5-7-24-8-6-21/h1-2,9H,3-8,10-11H2,(H,19,22)(H,20,23). The summed E-state index contributed by atoms with van der Waals surface area (Å²) < 4.78 is 10.6. The molecule has 138 valence electrons. The fourth-order valence-electron chi connectivity index (χ4n) is 2.20. The Bertz CT molecular complexity index is 595. The van der Waals surface area contributed by atoms with Gasteiger partial charge in [0.1, 0.15) is 5.75 Å². The molecule has 0 unspecified atom stereocenters. The minimum absolute atomic E-state index is 0.103. The number of amides is 2. The lowest BCUT2D eigenvalue weighted by molar-refractivity contribution is -0.127. The molecule has 1 aliphatic rings. The quantitative estimate of drug-likeness (QED) is 0.691. The van der Waals surface area contributed by atoms with Gasteiger partial charge in [0, 0.05) is 37.3 Å². The van der Waals surface area contributed by atoms with E-state index in [1.54, 1.807) is 12.1 Å². The van der Waals surface area contributed by atoms with E-state index in [0.29, 0.717) is 22.3 Å². The van der Waals surface area contributed by atoms with Crippen LogP contribution in [0.3, 0.4) is 0 Å². The molecular weight excluding hydrogens is 369 g/mol. The minimum Gasteiger partial charge on any atom is -0.482 e. The maximum atomic E-state index is 11.7. The summed E-state index contributed by atoms with van der Waals surface area (Å²) in [6.45, 7) is 4.13. The van der Waals surface area contributed by atoms with Crippen molar-refractivity contribution in [2.45, 2.75) is 0 Å². The van der Waals surface area contributed by atoms with Gasteiger partial charge in [-0.15, -0.1) is 0 Å². The van der Waals surface area contributed by atoms with Gasteiger partial charge < -0.3 is 20.1 Å². The Hall–Kier alpha value is -1.54. The first-order chi connectivity index (χ1) is 12.0. The third-order valence-electron chi connectivity index (χ3n) is 3.55. The van der Waals surface area contributed by atoms with Crippen molar-refractivity contribution < 1.29 is 19.1 Å². The molecule has 1 aliphatic heterocycles. The molecule has 1 heterocycles. The Morgan fingerprint density at radius 1 is 1.16 bits per heavy atom. The van der Waals surface area contributed by atoms with Gasteiger partial charge in [-0.25, -0.2) is 0 Å². The smallest absolute Gasteiger partial charge is 0.258 e. The van der Waals surface area contributed by atoms with Gasteiger partial charge in [0.05, 0.1) is 24.8 Å². The molecule has 2 N–H and O–H groups in total. The van der Waals surface area contributed by atoms with E-state index in [2.05, 4.69) is 15.5 Å². The fraction of sp³-hybridized carbons (Fsp3) is 0.500. The molecule has 1 saturated heterocycles. The molecule has 9 heteroatoms. The lowest BCUT2D eigenvalue weighted by Crippen LogP contribution is -2.44. The van der Waals surface area contributed by atoms with Crippen LogP contribution in [0.5, 0.6) is 5.75 Å². The van der Waals surface area contributed by atoms with Crippen molar-refractivity contribution in [2.24, 2.45) is 0 Å². The first-order valence-electron chi connectivity index (χ1n) is 7.96. The van der Waals surface area contributed by atoms with Crippen LogP contribution in [-0.2, 0) is 14.3 Å². The molecule has 2 rings (SSSR count). The zero-order valence-corrected chi connectivity index (χ0v) is 15.2. The molecule has 1 fully saturated rings. The van der Waals surface area contributed by atoms with E-state index >= 15 is 0 Å². The van der Waals surface area contributed by atoms with Crippen molar-refractivity contribution in [3.05, 3.63) is 28.2 Å². The van der Waals surface area contributed by atoms with Crippen LogP contribution >= 0.6 is 23.2 Å². The predicted octanol–water partition coefficient (Wildman–Crippen LogP) is 0.937. The molecule has 0 bridgehead atoms. The lowest BCUT2D eigenvalue weighted by Gasteiger charge is -2.26. The van der Waals surface area contributed by atoms with Crippen LogP contribution in [-0.4, -0.2) is 69.3 Å². The molecule has 0 atom stereocenters. The van der Waals surface area contributed by atoms with E-state index in [1.165, 1.54) is 6.07 Å². The third kappa shape index (κ3) is 7.48. The van der Waals surface area contributed by atoms with Crippen molar-refractivity contribution in [1.29, 1.82) is 0 Å². The average Bonchev–Trinajstić information content (AvgIpc) is 2.61. The van der Waals surface area contributed by atoms with E-state index in [9.17, 15) is 9.59 Å². The molecule has 0 aliphatic carbocycles. The first-order valence-corrected chi connectivity index (χ1v) is 8.71. The Morgan fingerprint density at radius 3 is 2.68 bits per heavy atom. The number of halogens is 2. The molecule has 2 amide bonds. The summed E-state index contributed by atoms with van der Waals surface area (Å²) >= 11 is 11.8. The number of nitrogens with zero attached hydrogens (tertiary/aromatic N) is 1. The van der Waals surface area contributed by atoms with Gasteiger partial charge in [-0.05, 0) is 12.1 Å². The van der Waals surface area contributed by atoms with Gasteiger partial charge in [0.15, 0.2) is 6.61 Å². The molecule has 0 spiro atoms.